The van der Waals surface area contributed by atoms with Gasteiger partial charge >= 0.3 is 0 Å². The molecule has 4 heteroatoms. The topological polar surface area (TPSA) is 80.9 Å². The number of hydrogen-bond acceptors (Lipinski definition) is 4. The molecule has 5 aromatic rings. The molecule has 0 unspecified atom stereocenters. The first kappa shape index (κ1) is 32.7. The quantitative estimate of drug-likeness (QED) is 0.140. The van der Waals surface area contributed by atoms with Crippen molar-refractivity contribution < 1.29 is 20.4 Å². The van der Waals surface area contributed by atoms with Crippen molar-refractivity contribution >= 4 is 0 Å². The van der Waals surface area contributed by atoms with Crippen LogP contribution in [0, 0.1) is 27.7 Å². The Morgan fingerprint density at radius 2 is 0.761 bits per heavy atom. The van der Waals surface area contributed by atoms with Crippen molar-refractivity contribution in [2.45, 2.75) is 79.1 Å². The van der Waals surface area contributed by atoms with Gasteiger partial charge in [-0.1, -0.05) is 112 Å². The zero-order valence-corrected chi connectivity index (χ0v) is 28.3. The summed E-state index contributed by atoms with van der Waals surface area (Å²) in [7, 11) is 0. The number of hydrogen-bond donors (Lipinski definition) is 4. The van der Waals surface area contributed by atoms with E-state index in [4.69, 9.17) is 0 Å². The van der Waals surface area contributed by atoms with Gasteiger partial charge in [-0.15, -0.1) is 0 Å². The Morgan fingerprint density at radius 1 is 0.413 bits per heavy atom. The maximum absolute atomic E-state index is 11.0. The Bertz CT molecular complexity index is 1770. The molecule has 5 aromatic carbocycles. The number of phenolic OH excluding ortho intramolecular Hbond substituents is 4. The highest BCUT2D eigenvalue weighted by molar-refractivity contribution is 5.54. The molecule has 0 fully saturated rings. The van der Waals surface area contributed by atoms with E-state index in [1.165, 1.54) is 0 Å². The highest BCUT2D eigenvalue weighted by atomic mass is 16.3. The Morgan fingerprint density at radius 3 is 1.11 bits per heavy atom. The molecule has 0 radical (unpaired) electrons. The lowest BCUT2D eigenvalue weighted by molar-refractivity contribution is 0.458. The van der Waals surface area contributed by atoms with Gasteiger partial charge in [0.15, 0.2) is 0 Å². The first-order chi connectivity index (χ1) is 21.6. The molecule has 0 saturated heterocycles. The second-order valence-corrected chi connectivity index (χ2v) is 14.0. The fraction of sp³-hybridized carbons (Fsp3) is 0.286. The standard InChI is InChI=1S/C42H46O4/c1-25-9-15-37(43)29(17-25)21-31-23-35(19-27(3)39(31)45)41(5,6)33-11-13-34(14-12-33)42(7,8)36-20-28(4)40(46)32(24-36)22-30-18-26(2)10-16-38(30)44/h9-20,23-24,43-46H,21-22H2,1-8H3. The first-order valence-corrected chi connectivity index (χ1v) is 15.9. The van der Waals surface area contributed by atoms with E-state index in [9.17, 15) is 20.4 Å². The predicted octanol–water partition coefficient (Wildman–Crippen LogP) is 9.58. The van der Waals surface area contributed by atoms with E-state index in [0.29, 0.717) is 12.8 Å². The maximum Gasteiger partial charge on any atom is 0.122 e. The molecule has 0 amide bonds. The number of rotatable bonds is 8. The Hall–Kier alpha value is -4.70. The SMILES string of the molecule is Cc1ccc(O)c(Cc2cc(C(C)(C)c3ccc(C(C)(C)c4cc(C)c(O)c(Cc5cc(C)ccc5O)c4)cc3)cc(C)c2O)c1. The van der Waals surface area contributed by atoms with Gasteiger partial charge in [-0.2, -0.15) is 0 Å². The lowest BCUT2D eigenvalue weighted by atomic mass is 9.73. The summed E-state index contributed by atoms with van der Waals surface area (Å²) in [5.41, 5.74) is 10.7. The normalized spacial score (nSPS) is 12.0. The van der Waals surface area contributed by atoms with Crippen molar-refractivity contribution in [3.63, 3.8) is 0 Å². The van der Waals surface area contributed by atoms with Crippen molar-refractivity contribution in [3.05, 3.63) is 152 Å². The summed E-state index contributed by atoms with van der Waals surface area (Å²) in [4.78, 5) is 0. The molecule has 0 aliphatic rings. The van der Waals surface area contributed by atoms with Crippen LogP contribution in [-0.2, 0) is 23.7 Å². The van der Waals surface area contributed by atoms with Crippen molar-refractivity contribution in [2.75, 3.05) is 0 Å². The van der Waals surface area contributed by atoms with Crippen LogP contribution in [0.15, 0.2) is 84.9 Å². The van der Waals surface area contributed by atoms with Gasteiger partial charge in [0.2, 0.25) is 0 Å². The molecule has 238 valence electrons. The smallest absolute Gasteiger partial charge is 0.122 e. The van der Waals surface area contributed by atoms with Crippen molar-refractivity contribution in [1.82, 2.24) is 0 Å². The summed E-state index contributed by atoms with van der Waals surface area (Å²) in [6.07, 6.45) is 0.879. The number of phenols is 4. The number of aromatic hydroxyl groups is 4. The third-order valence-corrected chi connectivity index (χ3v) is 9.76. The Kier molecular flexibility index (Phi) is 8.70. The molecular formula is C42H46O4. The van der Waals surface area contributed by atoms with E-state index in [0.717, 1.165) is 66.8 Å². The van der Waals surface area contributed by atoms with Crippen LogP contribution in [0.25, 0.3) is 0 Å². The van der Waals surface area contributed by atoms with E-state index >= 15 is 0 Å². The summed E-state index contributed by atoms with van der Waals surface area (Å²) in [6, 6.07) is 28.1. The van der Waals surface area contributed by atoms with Crippen LogP contribution < -0.4 is 0 Å². The molecule has 4 N–H and O–H groups in total. The molecule has 5 rings (SSSR count). The molecule has 46 heavy (non-hydrogen) atoms. The van der Waals surface area contributed by atoms with Crippen LogP contribution in [0.1, 0.15) is 94.5 Å². The van der Waals surface area contributed by atoms with Gasteiger partial charge in [-0.25, -0.2) is 0 Å². The van der Waals surface area contributed by atoms with Crippen LogP contribution in [0.3, 0.4) is 0 Å². The van der Waals surface area contributed by atoms with Crippen LogP contribution in [0.4, 0.5) is 0 Å². The minimum atomic E-state index is -0.345. The fourth-order valence-corrected chi connectivity index (χ4v) is 6.46. The van der Waals surface area contributed by atoms with Crippen LogP contribution in [0.2, 0.25) is 0 Å². The van der Waals surface area contributed by atoms with Gasteiger partial charge in [0.05, 0.1) is 0 Å². The average Bonchev–Trinajstić information content (AvgIpc) is 3.01. The average molecular weight is 615 g/mol. The van der Waals surface area contributed by atoms with E-state index in [1.54, 1.807) is 12.1 Å². The van der Waals surface area contributed by atoms with Crippen molar-refractivity contribution in [2.24, 2.45) is 0 Å². The minimum Gasteiger partial charge on any atom is -0.508 e. The molecule has 0 aliphatic carbocycles. The monoisotopic (exact) mass is 614 g/mol. The zero-order valence-electron chi connectivity index (χ0n) is 28.3. The summed E-state index contributed by atoms with van der Waals surface area (Å²) in [5, 5.41) is 42.9. The van der Waals surface area contributed by atoms with Gasteiger partial charge in [-0.05, 0) is 95.5 Å². The predicted molar refractivity (Wildman–Crippen MR) is 188 cm³/mol. The molecule has 0 spiro atoms. The summed E-state index contributed by atoms with van der Waals surface area (Å²) < 4.78 is 0. The number of aryl methyl sites for hydroxylation is 4. The second-order valence-electron chi connectivity index (χ2n) is 14.0. The molecule has 0 heterocycles. The van der Waals surface area contributed by atoms with E-state index in [2.05, 4.69) is 76.2 Å². The highest BCUT2D eigenvalue weighted by Gasteiger charge is 2.29. The molecule has 0 aliphatic heterocycles. The van der Waals surface area contributed by atoms with Gasteiger partial charge < -0.3 is 20.4 Å². The van der Waals surface area contributed by atoms with E-state index in [-0.39, 0.29) is 33.8 Å². The third kappa shape index (κ3) is 6.35. The Labute approximate surface area is 273 Å². The van der Waals surface area contributed by atoms with Gasteiger partial charge in [0.25, 0.3) is 0 Å². The van der Waals surface area contributed by atoms with Gasteiger partial charge in [0, 0.05) is 23.7 Å². The lowest BCUT2D eigenvalue weighted by Crippen LogP contribution is -2.22. The zero-order chi connectivity index (χ0) is 33.6. The highest BCUT2D eigenvalue weighted by Crippen LogP contribution is 2.40. The molecule has 4 nitrogen and oxygen atoms in total. The number of benzene rings is 5. The second kappa shape index (κ2) is 12.2. The summed E-state index contributed by atoms with van der Waals surface area (Å²) >= 11 is 0. The van der Waals surface area contributed by atoms with E-state index in [1.807, 2.05) is 52.0 Å². The summed E-state index contributed by atoms with van der Waals surface area (Å²) in [6.45, 7) is 16.6. The molecule has 0 saturated carbocycles. The van der Waals surface area contributed by atoms with Crippen LogP contribution in [0.5, 0.6) is 23.0 Å². The maximum atomic E-state index is 11.0. The lowest BCUT2D eigenvalue weighted by Gasteiger charge is -2.31. The van der Waals surface area contributed by atoms with Crippen molar-refractivity contribution in [3.8, 4) is 23.0 Å². The molecular weight excluding hydrogens is 568 g/mol. The third-order valence-electron chi connectivity index (χ3n) is 9.76. The molecule has 0 atom stereocenters. The molecule has 0 bridgehead atoms. The minimum absolute atomic E-state index is 0.231. The van der Waals surface area contributed by atoms with Crippen LogP contribution in [-0.4, -0.2) is 20.4 Å². The van der Waals surface area contributed by atoms with Gasteiger partial charge in [-0.3, -0.25) is 0 Å². The van der Waals surface area contributed by atoms with E-state index < -0.39 is 0 Å². The van der Waals surface area contributed by atoms with Gasteiger partial charge in [0.1, 0.15) is 23.0 Å². The fourth-order valence-electron chi connectivity index (χ4n) is 6.46. The Balaban J connectivity index is 1.46. The largest absolute Gasteiger partial charge is 0.508 e. The first-order valence-electron chi connectivity index (χ1n) is 15.9. The summed E-state index contributed by atoms with van der Waals surface area (Å²) in [5.74, 6) is 0.988. The van der Waals surface area contributed by atoms with Crippen LogP contribution >= 0.6 is 0 Å². The van der Waals surface area contributed by atoms with Crippen molar-refractivity contribution in [1.29, 1.82) is 0 Å². The molecule has 0 aromatic heterocycles.